The summed E-state index contributed by atoms with van der Waals surface area (Å²) in [5.74, 6) is 0.597. The molecule has 1 N–H and O–H groups in total. The van der Waals surface area contributed by atoms with E-state index in [-0.39, 0.29) is 24.5 Å². The molecule has 0 unspecified atom stereocenters. The highest BCUT2D eigenvalue weighted by molar-refractivity contribution is 6.00. The second-order valence-electron chi connectivity index (χ2n) is 9.57. The number of methoxy groups -OCH3 is 1. The van der Waals surface area contributed by atoms with Gasteiger partial charge in [0.05, 0.1) is 18.9 Å². The van der Waals surface area contributed by atoms with E-state index in [0.717, 1.165) is 35.4 Å². The predicted octanol–water partition coefficient (Wildman–Crippen LogP) is 5.12. The van der Waals surface area contributed by atoms with E-state index in [1.54, 1.807) is 18.1 Å². The third kappa shape index (κ3) is 6.18. The van der Waals surface area contributed by atoms with Gasteiger partial charge in [-0.15, -0.1) is 0 Å². The first-order valence-corrected chi connectivity index (χ1v) is 13.1. The van der Waals surface area contributed by atoms with E-state index in [4.69, 9.17) is 14.5 Å². The number of carbonyl (C=O) groups excluding carboxylic acids is 2. The van der Waals surface area contributed by atoms with Crippen molar-refractivity contribution in [1.29, 1.82) is 0 Å². The first-order chi connectivity index (χ1) is 19.0. The van der Waals surface area contributed by atoms with Gasteiger partial charge in [-0.3, -0.25) is 19.5 Å². The number of hydrogen-bond acceptors (Lipinski definition) is 5. The summed E-state index contributed by atoms with van der Waals surface area (Å²) in [7, 11) is 1.62. The lowest BCUT2D eigenvalue weighted by atomic mass is 10.1. The molecule has 0 radical (unpaired) electrons. The molecule has 39 heavy (non-hydrogen) atoms. The van der Waals surface area contributed by atoms with Crippen LogP contribution in [0.1, 0.15) is 28.8 Å². The number of aromatic nitrogens is 2. The molecule has 4 aromatic rings. The summed E-state index contributed by atoms with van der Waals surface area (Å²) in [6.07, 6.45) is 3.61. The summed E-state index contributed by atoms with van der Waals surface area (Å²) in [5, 5.41) is 2.95. The van der Waals surface area contributed by atoms with Gasteiger partial charge in [0.25, 0.3) is 5.91 Å². The van der Waals surface area contributed by atoms with Gasteiger partial charge in [0, 0.05) is 36.2 Å². The molecule has 0 spiro atoms. The summed E-state index contributed by atoms with van der Waals surface area (Å²) >= 11 is 0. The van der Waals surface area contributed by atoms with Crippen LogP contribution >= 0.6 is 0 Å². The lowest BCUT2D eigenvalue weighted by molar-refractivity contribution is -0.117. The molecule has 1 atom stereocenters. The number of anilines is 1. The van der Waals surface area contributed by atoms with Crippen LogP contribution in [-0.2, 0) is 9.53 Å². The molecule has 1 aliphatic rings. The molecular formula is C31H32N4O4. The van der Waals surface area contributed by atoms with Gasteiger partial charge in [0.15, 0.2) is 0 Å². The largest absolute Gasteiger partial charge is 0.497 e. The molecular weight excluding hydrogens is 492 g/mol. The van der Waals surface area contributed by atoms with Crippen molar-refractivity contribution in [3.8, 4) is 22.7 Å². The predicted molar refractivity (Wildman–Crippen MR) is 150 cm³/mol. The normalized spacial score (nSPS) is 14.7. The van der Waals surface area contributed by atoms with E-state index in [0.29, 0.717) is 30.4 Å². The standard InChI is InChI=1S/C31H32N4O4/c1-22-9-6-7-13-27(22)30(37)34(19-26-12-8-18-39-26)21-29(36)33-31-32-28(23-14-16-25(38-2)17-15-23)20-35(31)24-10-4-3-5-11-24/h3-7,9-11,13-17,20,26H,8,12,18-19,21H2,1-2H3,(H,32,33,36)/t26-/m1/s1. The SMILES string of the molecule is COc1ccc(-c2cn(-c3ccccc3)c(NC(=O)CN(C[C@H]3CCCO3)C(=O)c3ccccc3C)n2)cc1. The molecule has 0 aliphatic carbocycles. The van der Waals surface area contributed by atoms with Crippen LogP contribution < -0.4 is 10.1 Å². The van der Waals surface area contributed by atoms with Crippen molar-refractivity contribution < 1.29 is 19.1 Å². The zero-order valence-corrected chi connectivity index (χ0v) is 22.2. The van der Waals surface area contributed by atoms with Crippen molar-refractivity contribution >= 4 is 17.8 Å². The van der Waals surface area contributed by atoms with Crippen molar-refractivity contribution in [1.82, 2.24) is 14.5 Å². The second kappa shape index (κ2) is 12.0. The Hall–Kier alpha value is -4.43. The monoisotopic (exact) mass is 524 g/mol. The molecule has 1 aromatic heterocycles. The Morgan fingerprint density at radius 2 is 1.79 bits per heavy atom. The van der Waals surface area contributed by atoms with Crippen LogP contribution in [0.4, 0.5) is 5.95 Å². The average Bonchev–Trinajstić information content (AvgIpc) is 3.63. The first kappa shape index (κ1) is 26.2. The minimum atomic E-state index is -0.334. The molecule has 2 amide bonds. The van der Waals surface area contributed by atoms with Crippen molar-refractivity contribution in [3.05, 3.63) is 96.2 Å². The maximum absolute atomic E-state index is 13.5. The number of nitrogens with zero attached hydrogens (tertiary/aromatic N) is 3. The van der Waals surface area contributed by atoms with Crippen molar-refractivity contribution in [2.45, 2.75) is 25.9 Å². The first-order valence-electron chi connectivity index (χ1n) is 13.1. The number of benzene rings is 3. The number of nitrogens with one attached hydrogen (secondary N) is 1. The van der Waals surface area contributed by atoms with Gasteiger partial charge in [-0.25, -0.2) is 4.98 Å². The molecule has 2 heterocycles. The van der Waals surface area contributed by atoms with E-state index in [9.17, 15) is 9.59 Å². The van der Waals surface area contributed by atoms with Crippen LogP contribution in [0, 0.1) is 6.92 Å². The zero-order valence-electron chi connectivity index (χ0n) is 22.2. The maximum atomic E-state index is 13.5. The van der Waals surface area contributed by atoms with E-state index in [2.05, 4.69) is 5.32 Å². The van der Waals surface area contributed by atoms with Crippen LogP contribution in [-0.4, -0.2) is 59.2 Å². The molecule has 1 aliphatic heterocycles. The summed E-state index contributed by atoms with van der Waals surface area (Å²) < 4.78 is 12.9. The van der Waals surface area contributed by atoms with E-state index in [1.807, 2.05) is 90.5 Å². The number of rotatable bonds is 9. The minimum absolute atomic E-state index is 0.0845. The zero-order chi connectivity index (χ0) is 27.2. The summed E-state index contributed by atoms with van der Waals surface area (Å²) in [4.78, 5) is 33.3. The third-order valence-corrected chi connectivity index (χ3v) is 6.82. The van der Waals surface area contributed by atoms with Crippen molar-refractivity contribution in [3.63, 3.8) is 0 Å². The number of para-hydroxylation sites is 1. The Morgan fingerprint density at radius 3 is 2.49 bits per heavy atom. The van der Waals surface area contributed by atoms with Crippen molar-refractivity contribution in [2.75, 3.05) is 32.1 Å². The average molecular weight is 525 g/mol. The topological polar surface area (TPSA) is 85.7 Å². The summed E-state index contributed by atoms with van der Waals surface area (Å²) in [6.45, 7) is 2.80. The third-order valence-electron chi connectivity index (χ3n) is 6.82. The number of hydrogen-bond donors (Lipinski definition) is 1. The molecule has 8 heteroatoms. The van der Waals surface area contributed by atoms with E-state index in [1.165, 1.54) is 0 Å². The Bertz CT molecular complexity index is 1430. The molecule has 1 saturated heterocycles. The minimum Gasteiger partial charge on any atom is -0.497 e. The van der Waals surface area contributed by atoms with Gasteiger partial charge in [0.1, 0.15) is 12.3 Å². The van der Waals surface area contributed by atoms with Crippen LogP contribution in [0.2, 0.25) is 0 Å². The number of ether oxygens (including phenoxy) is 2. The second-order valence-corrected chi connectivity index (χ2v) is 9.57. The number of imidazole rings is 1. The molecule has 3 aromatic carbocycles. The van der Waals surface area contributed by atoms with Gasteiger partial charge in [-0.1, -0.05) is 36.4 Å². The molecule has 1 fully saturated rings. The Labute approximate surface area is 228 Å². The smallest absolute Gasteiger partial charge is 0.254 e. The summed E-state index contributed by atoms with van der Waals surface area (Å²) in [6, 6.07) is 24.7. The van der Waals surface area contributed by atoms with E-state index < -0.39 is 0 Å². The van der Waals surface area contributed by atoms with Crippen molar-refractivity contribution in [2.24, 2.45) is 0 Å². The lowest BCUT2D eigenvalue weighted by Crippen LogP contribution is -2.42. The Balaban J connectivity index is 1.41. The van der Waals surface area contributed by atoms with Gasteiger partial charge in [-0.2, -0.15) is 0 Å². The number of carbonyl (C=O) groups is 2. The summed E-state index contributed by atoms with van der Waals surface area (Å²) in [5.41, 5.74) is 3.88. The van der Waals surface area contributed by atoms with Crippen LogP contribution in [0.15, 0.2) is 85.1 Å². The fourth-order valence-corrected chi connectivity index (χ4v) is 4.73. The van der Waals surface area contributed by atoms with Crippen LogP contribution in [0.3, 0.4) is 0 Å². The highest BCUT2D eigenvalue weighted by atomic mass is 16.5. The highest BCUT2D eigenvalue weighted by Crippen LogP contribution is 2.26. The van der Waals surface area contributed by atoms with Gasteiger partial charge >= 0.3 is 0 Å². The Kier molecular flexibility index (Phi) is 8.03. The van der Waals surface area contributed by atoms with Crippen LogP contribution in [0.25, 0.3) is 16.9 Å². The number of amides is 2. The molecule has 0 bridgehead atoms. The fourth-order valence-electron chi connectivity index (χ4n) is 4.73. The fraction of sp³-hybridized carbons (Fsp3) is 0.258. The molecule has 5 rings (SSSR count). The van der Waals surface area contributed by atoms with Gasteiger partial charge in [0.2, 0.25) is 11.9 Å². The quantitative estimate of drug-likeness (QED) is 0.329. The van der Waals surface area contributed by atoms with E-state index >= 15 is 0 Å². The van der Waals surface area contributed by atoms with Gasteiger partial charge in [-0.05, 0) is 67.8 Å². The molecule has 8 nitrogen and oxygen atoms in total. The molecule has 0 saturated carbocycles. The Morgan fingerprint density at radius 1 is 1.05 bits per heavy atom. The lowest BCUT2D eigenvalue weighted by Gasteiger charge is -2.25. The molecule has 200 valence electrons. The van der Waals surface area contributed by atoms with Crippen LogP contribution in [0.5, 0.6) is 5.75 Å². The highest BCUT2D eigenvalue weighted by Gasteiger charge is 2.26. The maximum Gasteiger partial charge on any atom is 0.254 e. The number of aryl methyl sites for hydroxylation is 1. The van der Waals surface area contributed by atoms with Gasteiger partial charge < -0.3 is 14.4 Å².